The van der Waals surface area contributed by atoms with Gasteiger partial charge in [-0.3, -0.25) is 4.99 Å². The smallest absolute Gasteiger partial charge is 0.0723 e. The first-order valence-corrected chi connectivity index (χ1v) is 5.81. The van der Waals surface area contributed by atoms with Gasteiger partial charge in [-0.05, 0) is 34.5 Å². The first-order valence-electron chi connectivity index (χ1n) is 5.01. The average molecular weight is 260 g/mol. The lowest BCUT2D eigenvalue weighted by molar-refractivity contribution is 1.40. The van der Waals surface area contributed by atoms with Crippen molar-refractivity contribution in [2.45, 2.75) is 13.3 Å². The van der Waals surface area contributed by atoms with Crippen molar-refractivity contribution in [1.29, 1.82) is 0 Å². The van der Waals surface area contributed by atoms with Gasteiger partial charge in [-0.15, -0.1) is 0 Å². The monoisotopic (exact) mass is 259 g/mol. The van der Waals surface area contributed by atoms with Crippen LogP contribution in [-0.4, -0.2) is 5.71 Å². The van der Waals surface area contributed by atoms with E-state index < -0.39 is 0 Å². The maximum Gasteiger partial charge on any atom is 0.0723 e. The van der Waals surface area contributed by atoms with Crippen LogP contribution in [0.1, 0.15) is 17.5 Å². The summed E-state index contributed by atoms with van der Waals surface area (Å²) < 4.78 is 1.18. The number of aryl methyl sites for hydroxylation is 1. The van der Waals surface area contributed by atoms with E-state index in [1.54, 1.807) is 0 Å². The summed E-state index contributed by atoms with van der Waals surface area (Å²) in [5.74, 6) is 0. The van der Waals surface area contributed by atoms with E-state index in [-0.39, 0.29) is 0 Å². The highest BCUT2D eigenvalue weighted by molar-refractivity contribution is 9.10. The summed E-state index contributed by atoms with van der Waals surface area (Å²) in [5.41, 5.74) is 6.09. The Morgan fingerprint density at radius 3 is 3.07 bits per heavy atom. The summed E-state index contributed by atoms with van der Waals surface area (Å²) in [6, 6.07) is 4.21. The molecule has 0 amide bonds. The molecule has 0 bridgehead atoms. The molecular weight excluding hydrogens is 250 g/mol. The van der Waals surface area contributed by atoms with Crippen molar-refractivity contribution < 1.29 is 0 Å². The van der Waals surface area contributed by atoms with E-state index in [0.717, 1.165) is 12.1 Å². The lowest BCUT2D eigenvalue weighted by Crippen LogP contribution is -1.98. The molecule has 1 aliphatic carbocycles. The molecule has 1 nitrogen and oxygen atoms in total. The zero-order chi connectivity index (χ0) is 10.4. The van der Waals surface area contributed by atoms with E-state index in [1.165, 1.54) is 26.9 Å². The topological polar surface area (TPSA) is 12.4 Å². The van der Waals surface area contributed by atoms with Crippen LogP contribution in [0.15, 0.2) is 39.8 Å². The summed E-state index contributed by atoms with van der Waals surface area (Å²) in [6.45, 7) is 2.11. The minimum atomic E-state index is 0.950. The van der Waals surface area contributed by atoms with Crippen LogP contribution >= 0.6 is 15.9 Å². The Balaban J connectivity index is 2.30. The van der Waals surface area contributed by atoms with Gasteiger partial charge in [-0.2, -0.15) is 0 Å². The van der Waals surface area contributed by atoms with Gasteiger partial charge in [-0.1, -0.05) is 24.3 Å². The highest BCUT2D eigenvalue weighted by atomic mass is 79.9. The first-order chi connectivity index (χ1) is 7.27. The molecule has 0 atom stereocenters. The number of benzene rings is 1. The molecule has 0 saturated carbocycles. The maximum absolute atomic E-state index is 4.64. The van der Waals surface area contributed by atoms with Gasteiger partial charge in [0.1, 0.15) is 0 Å². The fourth-order valence-electron chi connectivity index (χ4n) is 2.05. The molecule has 0 fully saturated rings. The van der Waals surface area contributed by atoms with E-state index in [9.17, 15) is 0 Å². The molecule has 1 aromatic carbocycles. The molecule has 3 rings (SSSR count). The van der Waals surface area contributed by atoms with Crippen LogP contribution in [0.25, 0.3) is 5.57 Å². The number of aliphatic imine (C=N–C) groups is 1. The van der Waals surface area contributed by atoms with Gasteiger partial charge in [0.15, 0.2) is 0 Å². The third-order valence-electron chi connectivity index (χ3n) is 2.86. The molecule has 1 aromatic rings. The number of allylic oxidation sites excluding steroid dienone is 4. The van der Waals surface area contributed by atoms with Gasteiger partial charge in [-0.25, -0.2) is 0 Å². The highest BCUT2D eigenvalue weighted by Gasteiger charge is 2.23. The van der Waals surface area contributed by atoms with Crippen LogP contribution in [0.3, 0.4) is 0 Å². The van der Waals surface area contributed by atoms with Crippen molar-refractivity contribution in [3.8, 4) is 0 Å². The molecule has 0 N–H and O–H groups in total. The molecule has 74 valence electrons. The van der Waals surface area contributed by atoms with Crippen LogP contribution in [0.2, 0.25) is 0 Å². The highest BCUT2D eigenvalue weighted by Crippen LogP contribution is 2.42. The lowest BCUT2D eigenvalue weighted by Gasteiger charge is -2.09. The fraction of sp³-hybridized carbons (Fsp3) is 0.154. The molecule has 1 heterocycles. The van der Waals surface area contributed by atoms with Crippen molar-refractivity contribution in [2.75, 3.05) is 0 Å². The Bertz CT molecular complexity index is 536. The molecule has 2 aliphatic rings. The zero-order valence-electron chi connectivity index (χ0n) is 8.42. The molecule has 2 heteroatoms. The normalized spacial score (nSPS) is 16.9. The van der Waals surface area contributed by atoms with E-state index in [0.29, 0.717) is 0 Å². The van der Waals surface area contributed by atoms with Crippen LogP contribution in [0.4, 0.5) is 5.69 Å². The second-order valence-electron chi connectivity index (χ2n) is 3.86. The zero-order valence-corrected chi connectivity index (χ0v) is 10.0. The van der Waals surface area contributed by atoms with Crippen LogP contribution < -0.4 is 0 Å². The number of fused-ring (bicyclic) bond motifs is 3. The summed E-state index contributed by atoms with van der Waals surface area (Å²) in [6.07, 6.45) is 7.36. The van der Waals surface area contributed by atoms with Crippen molar-refractivity contribution in [3.63, 3.8) is 0 Å². The van der Waals surface area contributed by atoms with Crippen LogP contribution in [-0.2, 0) is 0 Å². The van der Waals surface area contributed by atoms with E-state index in [4.69, 9.17) is 0 Å². The Morgan fingerprint density at radius 1 is 1.33 bits per heavy atom. The van der Waals surface area contributed by atoms with E-state index >= 15 is 0 Å². The lowest BCUT2D eigenvalue weighted by atomic mass is 9.96. The second kappa shape index (κ2) is 3.17. The van der Waals surface area contributed by atoms with Crippen molar-refractivity contribution in [2.24, 2.45) is 4.99 Å². The minimum absolute atomic E-state index is 0.950. The Labute approximate surface area is 97.4 Å². The third kappa shape index (κ3) is 1.25. The van der Waals surface area contributed by atoms with Crippen molar-refractivity contribution >= 4 is 32.9 Å². The summed E-state index contributed by atoms with van der Waals surface area (Å²) >= 11 is 3.65. The summed E-state index contributed by atoms with van der Waals surface area (Å²) in [5, 5.41) is 0. The maximum atomic E-state index is 4.64. The Morgan fingerprint density at radius 2 is 2.20 bits per heavy atom. The van der Waals surface area contributed by atoms with Gasteiger partial charge in [0.25, 0.3) is 0 Å². The molecular formula is C13H10BrN. The van der Waals surface area contributed by atoms with Crippen LogP contribution in [0, 0.1) is 6.92 Å². The molecule has 0 aromatic heterocycles. The number of hydrogen-bond acceptors (Lipinski definition) is 1. The molecule has 0 radical (unpaired) electrons. The van der Waals surface area contributed by atoms with Crippen molar-refractivity contribution in [3.05, 3.63) is 46.0 Å². The summed E-state index contributed by atoms with van der Waals surface area (Å²) in [7, 11) is 0. The number of rotatable bonds is 0. The van der Waals surface area contributed by atoms with Gasteiger partial charge < -0.3 is 0 Å². The predicted octanol–water partition coefficient (Wildman–Crippen LogP) is 4.19. The minimum Gasteiger partial charge on any atom is -0.252 e. The molecule has 15 heavy (non-hydrogen) atoms. The van der Waals surface area contributed by atoms with Gasteiger partial charge in [0.2, 0.25) is 0 Å². The van der Waals surface area contributed by atoms with Crippen molar-refractivity contribution in [1.82, 2.24) is 0 Å². The quantitative estimate of drug-likeness (QED) is 0.663. The Kier molecular flexibility index (Phi) is 1.93. The second-order valence-corrected chi connectivity index (χ2v) is 4.65. The molecule has 0 saturated heterocycles. The largest absolute Gasteiger partial charge is 0.252 e. The average Bonchev–Trinajstić information content (AvgIpc) is 2.62. The fourth-order valence-corrected chi connectivity index (χ4v) is 2.60. The first kappa shape index (κ1) is 9.10. The molecule has 0 spiro atoms. The van der Waals surface area contributed by atoms with E-state index in [1.807, 2.05) is 0 Å². The third-order valence-corrected chi connectivity index (χ3v) is 3.88. The number of halogens is 1. The standard InChI is InChI=1S/C13H10BrN/c1-8-6-7-11-12(13(8)14)9-4-2-3-5-10(9)15-11/h2-4,6-7H,5H2,1H3. The van der Waals surface area contributed by atoms with Gasteiger partial charge >= 0.3 is 0 Å². The predicted molar refractivity (Wildman–Crippen MR) is 67.7 cm³/mol. The Hall–Kier alpha value is -1.15. The number of hydrogen-bond donors (Lipinski definition) is 0. The van der Waals surface area contributed by atoms with Crippen LogP contribution in [0.5, 0.6) is 0 Å². The molecule has 1 aliphatic heterocycles. The SMILES string of the molecule is Cc1ccc2c(c1Br)C1=CC=CCC1=N2. The van der Waals surface area contributed by atoms with Gasteiger partial charge in [0.05, 0.1) is 11.4 Å². The van der Waals surface area contributed by atoms with E-state index in [2.05, 4.69) is 58.2 Å². The summed E-state index contributed by atoms with van der Waals surface area (Å²) in [4.78, 5) is 4.64. The molecule has 0 unspecified atom stereocenters. The van der Waals surface area contributed by atoms with Gasteiger partial charge in [0, 0.05) is 22.0 Å². The number of nitrogens with zero attached hydrogens (tertiary/aromatic N) is 1.